The molecule has 3 aromatic rings. The average Bonchev–Trinajstić information content (AvgIpc) is 3.21. The Kier molecular flexibility index (Phi) is 6.12. The van der Waals surface area contributed by atoms with Gasteiger partial charge in [0.1, 0.15) is 22.4 Å². The van der Waals surface area contributed by atoms with E-state index in [0.717, 1.165) is 28.2 Å². The van der Waals surface area contributed by atoms with Crippen LogP contribution in [0.2, 0.25) is 0 Å². The van der Waals surface area contributed by atoms with Gasteiger partial charge < -0.3 is 9.88 Å². The van der Waals surface area contributed by atoms with Gasteiger partial charge in [-0.05, 0) is 42.2 Å². The largest absolute Gasteiger partial charge is 0.346 e. The Morgan fingerprint density at radius 1 is 1.22 bits per heavy atom. The Balaban J connectivity index is 1.52. The average molecular weight is 457 g/mol. The molecule has 168 valence electrons. The maximum atomic E-state index is 14.1. The van der Waals surface area contributed by atoms with Gasteiger partial charge in [-0.15, -0.1) is 0 Å². The quantitative estimate of drug-likeness (QED) is 0.595. The number of rotatable bonds is 6. The van der Waals surface area contributed by atoms with Crippen molar-refractivity contribution in [2.75, 3.05) is 13.1 Å². The standard InChI is InChI=1S/C23H25FN4O3S/c1-15(2)21(27-32(30,31)20-8-4-3-7-19(20)24)23(29)28-12-9-16(10-13-28)18-14-26-22-17(18)6-5-11-25-22/h3-9,11,14-15,21,27H,10,12-13H2,1-2H3,(H,25,26)/t21-/m0/s1. The molecule has 7 nitrogen and oxygen atoms in total. The lowest BCUT2D eigenvalue weighted by molar-refractivity contribution is -0.133. The van der Waals surface area contributed by atoms with Crippen LogP contribution in [-0.2, 0) is 14.8 Å². The van der Waals surface area contributed by atoms with Crippen LogP contribution >= 0.6 is 0 Å². The summed E-state index contributed by atoms with van der Waals surface area (Å²) in [4.78, 5) is 21.8. The first kappa shape index (κ1) is 22.2. The predicted octanol–water partition coefficient (Wildman–Crippen LogP) is 3.32. The first-order valence-corrected chi connectivity index (χ1v) is 11.9. The van der Waals surface area contributed by atoms with Crippen molar-refractivity contribution in [1.82, 2.24) is 19.6 Å². The van der Waals surface area contributed by atoms with Crippen LogP contribution in [0, 0.1) is 11.7 Å². The lowest BCUT2D eigenvalue weighted by atomic mass is 9.98. The van der Waals surface area contributed by atoms with E-state index in [-0.39, 0.29) is 11.8 Å². The number of hydrogen-bond acceptors (Lipinski definition) is 4. The van der Waals surface area contributed by atoms with Gasteiger partial charge in [-0.2, -0.15) is 4.72 Å². The normalized spacial score (nSPS) is 15.8. The van der Waals surface area contributed by atoms with Crippen LogP contribution in [0.25, 0.3) is 16.6 Å². The van der Waals surface area contributed by atoms with Crippen molar-refractivity contribution >= 4 is 32.5 Å². The van der Waals surface area contributed by atoms with E-state index in [2.05, 4.69) is 14.7 Å². The van der Waals surface area contributed by atoms with Crippen LogP contribution in [-0.4, -0.2) is 48.3 Å². The van der Waals surface area contributed by atoms with E-state index in [1.54, 1.807) is 24.9 Å². The Morgan fingerprint density at radius 3 is 2.69 bits per heavy atom. The molecular weight excluding hydrogens is 431 g/mol. The molecule has 0 fully saturated rings. The molecule has 1 aliphatic heterocycles. The molecule has 0 saturated carbocycles. The molecule has 4 rings (SSSR count). The lowest BCUT2D eigenvalue weighted by Gasteiger charge is -2.31. The molecule has 0 unspecified atom stereocenters. The van der Waals surface area contributed by atoms with Gasteiger partial charge in [-0.25, -0.2) is 17.8 Å². The molecule has 0 saturated heterocycles. The van der Waals surface area contributed by atoms with E-state index in [0.29, 0.717) is 19.5 Å². The second-order valence-corrected chi connectivity index (χ2v) is 9.82. The summed E-state index contributed by atoms with van der Waals surface area (Å²) >= 11 is 0. The summed E-state index contributed by atoms with van der Waals surface area (Å²) in [5.74, 6) is -1.49. The maximum absolute atomic E-state index is 14.1. The second-order valence-electron chi connectivity index (χ2n) is 8.14. The molecule has 32 heavy (non-hydrogen) atoms. The van der Waals surface area contributed by atoms with Gasteiger partial charge in [-0.3, -0.25) is 4.79 Å². The highest BCUT2D eigenvalue weighted by atomic mass is 32.2. The number of H-pyrrole nitrogens is 1. The number of nitrogens with one attached hydrogen (secondary N) is 2. The molecular formula is C23H25FN4O3S. The molecule has 9 heteroatoms. The van der Waals surface area contributed by atoms with Gasteiger partial charge in [-0.1, -0.05) is 32.1 Å². The first-order chi connectivity index (χ1) is 15.3. The van der Waals surface area contributed by atoms with Gasteiger partial charge >= 0.3 is 0 Å². The lowest BCUT2D eigenvalue weighted by Crippen LogP contribution is -2.52. The number of aromatic amines is 1. The van der Waals surface area contributed by atoms with E-state index < -0.39 is 26.8 Å². The fourth-order valence-corrected chi connectivity index (χ4v) is 5.31. The van der Waals surface area contributed by atoms with Crippen molar-refractivity contribution in [3.8, 4) is 0 Å². The number of aromatic nitrogens is 2. The van der Waals surface area contributed by atoms with Crippen molar-refractivity contribution in [3.05, 3.63) is 66.2 Å². The molecule has 0 bridgehead atoms. The van der Waals surface area contributed by atoms with Gasteiger partial charge in [0.25, 0.3) is 0 Å². The molecule has 1 amide bonds. The number of nitrogens with zero attached hydrogens (tertiary/aromatic N) is 2. The third kappa shape index (κ3) is 4.31. The number of carbonyl (C=O) groups is 1. The van der Waals surface area contributed by atoms with Crippen LogP contribution in [0.5, 0.6) is 0 Å². The number of pyridine rings is 1. The molecule has 1 aromatic carbocycles. The van der Waals surface area contributed by atoms with Crippen LogP contribution in [0.4, 0.5) is 4.39 Å². The van der Waals surface area contributed by atoms with Crippen LogP contribution in [0.3, 0.4) is 0 Å². The van der Waals surface area contributed by atoms with E-state index in [4.69, 9.17) is 0 Å². The predicted molar refractivity (Wildman–Crippen MR) is 121 cm³/mol. The smallest absolute Gasteiger partial charge is 0.244 e. The van der Waals surface area contributed by atoms with Crippen molar-refractivity contribution in [1.29, 1.82) is 0 Å². The van der Waals surface area contributed by atoms with Gasteiger partial charge in [0.05, 0.1) is 0 Å². The fraction of sp³-hybridized carbons (Fsp3) is 0.304. The van der Waals surface area contributed by atoms with Crippen molar-refractivity contribution < 1.29 is 17.6 Å². The minimum Gasteiger partial charge on any atom is -0.346 e. The van der Waals surface area contributed by atoms with Crippen LogP contribution < -0.4 is 4.72 Å². The number of carbonyl (C=O) groups excluding carboxylic acids is 1. The van der Waals surface area contributed by atoms with Crippen molar-refractivity contribution in [3.63, 3.8) is 0 Å². The minimum atomic E-state index is -4.19. The van der Waals surface area contributed by atoms with E-state index in [1.165, 1.54) is 18.2 Å². The second kappa shape index (κ2) is 8.84. The summed E-state index contributed by atoms with van der Waals surface area (Å²) < 4.78 is 42.0. The molecule has 0 aliphatic carbocycles. The zero-order valence-electron chi connectivity index (χ0n) is 17.9. The summed E-state index contributed by atoms with van der Waals surface area (Å²) in [5, 5.41) is 1.02. The molecule has 0 radical (unpaired) electrons. The first-order valence-electron chi connectivity index (χ1n) is 10.4. The number of amides is 1. The SMILES string of the molecule is CC(C)[C@H](NS(=O)(=O)c1ccccc1F)C(=O)N1CC=C(c2c[nH]c3ncccc23)CC1. The zero-order valence-corrected chi connectivity index (χ0v) is 18.7. The van der Waals surface area contributed by atoms with E-state index in [9.17, 15) is 17.6 Å². The van der Waals surface area contributed by atoms with Crippen molar-refractivity contribution in [2.45, 2.75) is 31.2 Å². The molecule has 3 heterocycles. The Hall–Kier alpha value is -3.04. The molecule has 1 atom stereocenters. The fourth-order valence-electron chi connectivity index (χ4n) is 3.90. The highest BCUT2D eigenvalue weighted by molar-refractivity contribution is 7.89. The zero-order chi connectivity index (χ0) is 22.9. The number of hydrogen-bond donors (Lipinski definition) is 2. The van der Waals surface area contributed by atoms with Crippen LogP contribution in [0.15, 0.2) is 59.8 Å². The summed E-state index contributed by atoms with van der Waals surface area (Å²) in [6, 6.07) is 8.02. The summed E-state index contributed by atoms with van der Waals surface area (Å²) in [5.41, 5.74) is 2.98. The third-order valence-electron chi connectivity index (χ3n) is 5.66. The maximum Gasteiger partial charge on any atom is 0.244 e. The molecule has 1 aliphatic rings. The monoisotopic (exact) mass is 456 g/mol. The molecule has 2 aromatic heterocycles. The van der Waals surface area contributed by atoms with Gasteiger partial charge in [0.15, 0.2) is 0 Å². The van der Waals surface area contributed by atoms with Gasteiger partial charge in [0, 0.05) is 36.4 Å². The number of sulfonamides is 1. The third-order valence-corrected chi connectivity index (χ3v) is 7.13. The van der Waals surface area contributed by atoms with E-state index >= 15 is 0 Å². The topological polar surface area (TPSA) is 95.2 Å². The van der Waals surface area contributed by atoms with Crippen molar-refractivity contribution in [2.24, 2.45) is 5.92 Å². The number of fused-ring (bicyclic) bond motifs is 1. The number of halogens is 1. The number of benzene rings is 1. The summed E-state index contributed by atoms with van der Waals surface area (Å²) in [7, 11) is -4.19. The highest BCUT2D eigenvalue weighted by Gasteiger charge is 2.33. The Bertz CT molecular complexity index is 1280. The summed E-state index contributed by atoms with van der Waals surface area (Å²) in [6.07, 6.45) is 6.27. The highest BCUT2D eigenvalue weighted by Crippen LogP contribution is 2.29. The molecule has 2 N–H and O–H groups in total. The van der Waals surface area contributed by atoms with Crippen LogP contribution in [0.1, 0.15) is 25.8 Å². The Morgan fingerprint density at radius 2 is 2.00 bits per heavy atom. The molecule has 0 spiro atoms. The van der Waals surface area contributed by atoms with Gasteiger partial charge in [0.2, 0.25) is 15.9 Å². The minimum absolute atomic E-state index is 0.311. The van der Waals surface area contributed by atoms with E-state index in [1.807, 2.05) is 24.4 Å². The Labute approximate surface area is 186 Å². The summed E-state index contributed by atoms with van der Waals surface area (Å²) in [6.45, 7) is 4.35.